The molecule has 18 heavy (non-hydrogen) atoms. The molecule has 1 amide bonds. The van der Waals surface area contributed by atoms with E-state index >= 15 is 0 Å². The van der Waals surface area contributed by atoms with Crippen molar-refractivity contribution in [3.05, 3.63) is 30.0 Å². The lowest BCUT2D eigenvalue weighted by Gasteiger charge is -2.19. The zero-order chi connectivity index (χ0) is 13.3. The zero-order valence-corrected chi connectivity index (χ0v) is 11.0. The van der Waals surface area contributed by atoms with Gasteiger partial charge in [0.25, 0.3) is 0 Å². The van der Waals surface area contributed by atoms with Gasteiger partial charge in [0.05, 0.1) is 0 Å². The highest BCUT2D eigenvalue weighted by Gasteiger charge is 2.16. The molecule has 0 aliphatic heterocycles. The van der Waals surface area contributed by atoms with Gasteiger partial charge in [-0.05, 0) is 52.0 Å². The lowest BCUT2D eigenvalue weighted by atomic mass is 10.2. The Hall–Kier alpha value is -1.97. The molecule has 0 fully saturated rings. The Morgan fingerprint density at radius 1 is 1.28 bits per heavy atom. The Balaban J connectivity index is 2.14. The van der Waals surface area contributed by atoms with E-state index in [1.165, 1.54) is 0 Å². The third-order valence-corrected chi connectivity index (χ3v) is 2.28. The van der Waals surface area contributed by atoms with E-state index in [1.807, 2.05) is 45.9 Å². The molecule has 0 aliphatic carbocycles. The third kappa shape index (κ3) is 3.03. The van der Waals surface area contributed by atoms with Gasteiger partial charge in [-0.3, -0.25) is 5.32 Å². The Kier molecular flexibility index (Phi) is 3.03. The number of amides is 1. The van der Waals surface area contributed by atoms with Crippen LogP contribution in [-0.2, 0) is 4.74 Å². The van der Waals surface area contributed by atoms with Crippen molar-refractivity contribution in [1.29, 1.82) is 0 Å². The van der Waals surface area contributed by atoms with Crippen molar-refractivity contribution in [2.45, 2.75) is 33.3 Å². The van der Waals surface area contributed by atoms with E-state index in [-0.39, 0.29) is 0 Å². The fourth-order valence-corrected chi connectivity index (χ4v) is 1.68. The summed E-state index contributed by atoms with van der Waals surface area (Å²) < 4.78 is 10.6. The SMILES string of the molecule is Cc1cc2cc(NC(=O)OC(C)(C)C)ccc2o1. The smallest absolute Gasteiger partial charge is 0.412 e. The summed E-state index contributed by atoms with van der Waals surface area (Å²) in [7, 11) is 0. The quantitative estimate of drug-likeness (QED) is 0.825. The third-order valence-electron chi connectivity index (χ3n) is 2.28. The Bertz CT molecular complexity index is 578. The summed E-state index contributed by atoms with van der Waals surface area (Å²) in [6.45, 7) is 7.38. The summed E-state index contributed by atoms with van der Waals surface area (Å²) in [6.07, 6.45) is -0.456. The number of furan rings is 1. The van der Waals surface area contributed by atoms with Crippen LogP contribution in [0.3, 0.4) is 0 Å². The summed E-state index contributed by atoms with van der Waals surface area (Å²) in [6, 6.07) is 7.40. The highest BCUT2D eigenvalue weighted by molar-refractivity contribution is 5.89. The molecule has 0 radical (unpaired) electrons. The molecular weight excluding hydrogens is 230 g/mol. The van der Waals surface area contributed by atoms with Crippen LogP contribution in [0.1, 0.15) is 26.5 Å². The Labute approximate surface area is 106 Å². The van der Waals surface area contributed by atoms with E-state index in [2.05, 4.69) is 5.32 Å². The number of hydrogen-bond donors (Lipinski definition) is 1. The van der Waals surface area contributed by atoms with Gasteiger partial charge >= 0.3 is 6.09 Å². The molecule has 1 heterocycles. The zero-order valence-electron chi connectivity index (χ0n) is 11.0. The number of rotatable bonds is 1. The van der Waals surface area contributed by atoms with Gasteiger partial charge in [-0.2, -0.15) is 0 Å². The minimum atomic E-state index is -0.500. The fraction of sp³-hybridized carbons (Fsp3) is 0.357. The van der Waals surface area contributed by atoms with E-state index in [0.717, 1.165) is 16.7 Å². The predicted molar refractivity (Wildman–Crippen MR) is 70.8 cm³/mol. The second-order valence-corrected chi connectivity index (χ2v) is 5.24. The summed E-state index contributed by atoms with van der Waals surface area (Å²) in [4.78, 5) is 11.6. The average Bonchev–Trinajstić information content (AvgIpc) is 2.53. The van der Waals surface area contributed by atoms with Crippen LogP contribution in [-0.4, -0.2) is 11.7 Å². The van der Waals surface area contributed by atoms with E-state index < -0.39 is 11.7 Å². The summed E-state index contributed by atoms with van der Waals surface area (Å²) in [5, 5.41) is 3.66. The normalized spacial score (nSPS) is 11.6. The number of aryl methyl sites for hydroxylation is 1. The van der Waals surface area contributed by atoms with Crippen molar-refractivity contribution in [2.75, 3.05) is 5.32 Å². The number of hydrogen-bond acceptors (Lipinski definition) is 3. The van der Waals surface area contributed by atoms with Gasteiger partial charge in [0.2, 0.25) is 0 Å². The van der Waals surface area contributed by atoms with Crippen LogP contribution in [0.5, 0.6) is 0 Å². The number of anilines is 1. The number of carbonyl (C=O) groups excluding carboxylic acids is 1. The monoisotopic (exact) mass is 247 g/mol. The van der Waals surface area contributed by atoms with Gasteiger partial charge in [-0.1, -0.05) is 0 Å². The van der Waals surface area contributed by atoms with E-state index in [1.54, 1.807) is 6.07 Å². The molecule has 2 aromatic rings. The average molecular weight is 247 g/mol. The highest BCUT2D eigenvalue weighted by atomic mass is 16.6. The second kappa shape index (κ2) is 4.37. The van der Waals surface area contributed by atoms with Gasteiger partial charge in [0.15, 0.2) is 0 Å². The van der Waals surface area contributed by atoms with Crippen molar-refractivity contribution in [3.8, 4) is 0 Å². The van der Waals surface area contributed by atoms with Crippen molar-refractivity contribution in [1.82, 2.24) is 0 Å². The first-order chi connectivity index (χ1) is 8.33. The first-order valence-electron chi connectivity index (χ1n) is 5.84. The number of ether oxygens (including phenoxy) is 1. The van der Waals surface area contributed by atoms with Crippen LogP contribution >= 0.6 is 0 Å². The fourth-order valence-electron chi connectivity index (χ4n) is 1.68. The van der Waals surface area contributed by atoms with Crippen LogP contribution in [0.15, 0.2) is 28.7 Å². The molecule has 0 atom stereocenters. The van der Waals surface area contributed by atoms with Crippen LogP contribution in [0, 0.1) is 6.92 Å². The van der Waals surface area contributed by atoms with E-state index in [9.17, 15) is 4.79 Å². The molecule has 1 aromatic carbocycles. The summed E-state index contributed by atoms with van der Waals surface area (Å²) in [5.74, 6) is 0.847. The van der Waals surface area contributed by atoms with Gasteiger partial charge in [0, 0.05) is 11.1 Å². The lowest BCUT2D eigenvalue weighted by molar-refractivity contribution is 0.0636. The standard InChI is InChI=1S/C14H17NO3/c1-9-7-10-8-11(5-6-12(10)17-9)15-13(16)18-14(2,3)4/h5-8H,1-4H3,(H,15,16). The van der Waals surface area contributed by atoms with Crippen molar-refractivity contribution in [2.24, 2.45) is 0 Å². The second-order valence-electron chi connectivity index (χ2n) is 5.24. The molecule has 4 nitrogen and oxygen atoms in total. The lowest BCUT2D eigenvalue weighted by Crippen LogP contribution is -2.27. The molecule has 0 saturated carbocycles. The van der Waals surface area contributed by atoms with Gasteiger partial charge in [0.1, 0.15) is 16.9 Å². The number of fused-ring (bicyclic) bond motifs is 1. The maximum Gasteiger partial charge on any atom is 0.412 e. The van der Waals surface area contributed by atoms with E-state index in [0.29, 0.717) is 5.69 Å². The first-order valence-corrected chi connectivity index (χ1v) is 5.84. The van der Waals surface area contributed by atoms with Crippen molar-refractivity contribution in [3.63, 3.8) is 0 Å². The molecule has 0 saturated heterocycles. The molecule has 0 unspecified atom stereocenters. The highest BCUT2D eigenvalue weighted by Crippen LogP contribution is 2.23. The molecule has 4 heteroatoms. The number of carbonyl (C=O) groups is 1. The Morgan fingerprint density at radius 2 is 2.00 bits per heavy atom. The summed E-state index contributed by atoms with van der Waals surface area (Å²) >= 11 is 0. The van der Waals surface area contributed by atoms with Crippen molar-refractivity contribution >= 4 is 22.7 Å². The van der Waals surface area contributed by atoms with Gasteiger partial charge in [-0.25, -0.2) is 4.79 Å². The maximum absolute atomic E-state index is 11.6. The van der Waals surface area contributed by atoms with Crippen molar-refractivity contribution < 1.29 is 13.9 Å². The molecule has 96 valence electrons. The molecule has 1 N–H and O–H groups in total. The van der Waals surface area contributed by atoms with Crippen LogP contribution < -0.4 is 5.32 Å². The molecule has 0 spiro atoms. The molecular formula is C14H17NO3. The van der Waals surface area contributed by atoms with Crippen LogP contribution in [0.25, 0.3) is 11.0 Å². The maximum atomic E-state index is 11.6. The molecule has 1 aromatic heterocycles. The Morgan fingerprint density at radius 3 is 2.67 bits per heavy atom. The molecule has 2 rings (SSSR count). The van der Waals surface area contributed by atoms with E-state index in [4.69, 9.17) is 9.15 Å². The largest absolute Gasteiger partial charge is 0.461 e. The topological polar surface area (TPSA) is 51.5 Å². The van der Waals surface area contributed by atoms with Gasteiger partial charge < -0.3 is 9.15 Å². The minimum absolute atomic E-state index is 0.456. The first kappa shape index (κ1) is 12.5. The molecule has 0 bridgehead atoms. The molecule has 0 aliphatic rings. The van der Waals surface area contributed by atoms with Crippen LogP contribution in [0.2, 0.25) is 0 Å². The number of benzene rings is 1. The van der Waals surface area contributed by atoms with Crippen LogP contribution in [0.4, 0.5) is 10.5 Å². The van der Waals surface area contributed by atoms with Gasteiger partial charge in [-0.15, -0.1) is 0 Å². The number of nitrogens with one attached hydrogen (secondary N) is 1. The predicted octanol–water partition coefficient (Wildman–Crippen LogP) is 4.09. The minimum Gasteiger partial charge on any atom is -0.461 e. The summed E-state index contributed by atoms with van der Waals surface area (Å²) in [5.41, 5.74) is 1.00.